The van der Waals surface area contributed by atoms with Crippen molar-refractivity contribution in [3.63, 3.8) is 0 Å². The van der Waals surface area contributed by atoms with E-state index >= 15 is 0 Å². The van der Waals surface area contributed by atoms with Crippen LogP contribution < -0.4 is 0 Å². The van der Waals surface area contributed by atoms with Crippen LogP contribution in [-0.4, -0.2) is 51.5 Å². The lowest BCUT2D eigenvalue weighted by Crippen LogP contribution is -2.37. The van der Waals surface area contributed by atoms with Gasteiger partial charge in [-0.15, -0.1) is 0 Å². The van der Waals surface area contributed by atoms with Gasteiger partial charge >= 0.3 is 0 Å². The zero-order chi connectivity index (χ0) is 27.8. The average Bonchev–Trinajstić information content (AvgIpc) is 2.91. The van der Waals surface area contributed by atoms with Gasteiger partial charge < -0.3 is 14.4 Å². The number of rotatable bonds is 32. The Bertz CT molecular complexity index is 451. The van der Waals surface area contributed by atoms with E-state index in [0.29, 0.717) is 6.04 Å². The van der Waals surface area contributed by atoms with Crippen molar-refractivity contribution in [1.82, 2.24) is 4.90 Å². The monoisotopic (exact) mass is 538 g/mol. The fourth-order valence-corrected chi connectivity index (χ4v) is 4.93. The summed E-state index contributed by atoms with van der Waals surface area (Å²) in [5, 5.41) is 0. The third-order valence-corrected chi connectivity index (χ3v) is 7.79. The van der Waals surface area contributed by atoms with Crippen molar-refractivity contribution in [1.29, 1.82) is 0 Å². The minimum atomic E-state index is 0.371. The van der Waals surface area contributed by atoms with Crippen molar-refractivity contribution in [2.24, 2.45) is 0 Å². The molecule has 0 aliphatic carbocycles. The SMILES string of the molecule is CCCCCCCC/C=C\CCCCCCCCCCCCOCC(COCCCCCCCC)N(C)C. The van der Waals surface area contributed by atoms with Crippen molar-refractivity contribution in [2.45, 2.75) is 174 Å². The Balaban J connectivity index is 3.34. The molecule has 0 saturated carbocycles. The fraction of sp³-hybridized carbons (Fsp3) is 0.943. The minimum Gasteiger partial charge on any atom is -0.380 e. The van der Waals surface area contributed by atoms with Gasteiger partial charge in [-0.1, -0.05) is 142 Å². The van der Waals surface area contributed by atoms with Crippen molar-refractivity contribution in [2.75, 3.05) is 40.5 Å². The maximum Gasteiger partial charge on any atom is 0.0644 e. The first-order valence-corrected chi connectivity index (χ1v) is 17.2. The molecule has 0 spiro atoms. The number of unbranched alkanes of at least 4 members (excludes halogenated alkanes) is 21. The van der Waals surface area contributed by atoms with E-state index in [0.717, 1.165) is 26.4 Å². The van der Waals surface area contributed by atoms with Gasteiger partial charge in [0.1, 0.15) is 0 Å². The van der Waals surface area contributed by atoms with E-state index in [1.54, 1.807) is 0 Å². The van der Waals surface area contributed by atoms with Gasteiger partial charge in [-0.25, -0.2) is 0 Å². The highest BCUT2D eigenvalue weighted by molar-refractivity contribution is 4.81. The number of allylic oxidation sites excluding steroid dienone is 2. The summed E-state index contributed by atoms with van der Waals surface area (Å²) in [5.41, 5.74) is 0. The third-order valence-electron chi connectivity index (χ3n) is 7.79. The second kappa shape index (κ2) is 32.8. The van der Waals surface area contributed by atoms with Gasteiger partial charge in [0.05, 0.1) is 19.3 Å². The van der Waals surface area contributed by atoms with Crippen LogP contribution in [0.2, 0.25) is 0 Å². The average molecular weight is 538 g/mol. The molecule has 3 heteroatoms. The largest absolute Gasteiger partial charge is 0.380 e. The smallest absolute Gasteiger partial charge is 0.0644 e. The van der Waals surface area contributed by atoms with Crippen LogP contribution in [0.4, 0.5) is 0 Å². The second-order valence-corrected chi connectivity index (χ2v) is 11.9. The Kier molecular flexibility index (Phi) is 32.5. The second-order valence-electron chi connectivity index (χ2n) is 11.9. The van der Waals surface area contributed by atoms with Crippen LogP contribution in [0.15, 0.2) is 12.2 Å². The lowest BCUT2D eigenvalue weighted by molar-refractivity contribution is 0.0197. The van der Waals surface area contributed by atoms with Gasteiger partial charge in [0, 0.05) is 13.2 Å². The van der Waals surface area contributed by atoms with Crippen molar-refractivity contribution in [3.8, 4) is 0 Å². The molecule has 0 rings (SSSR count). The summed E-state index contributed by atoms with van der Waals surface area (Å²) >= 11 is 0. The predicted octanol–water partition coefficient (Wildman–Crippen LogP) is 10.9. The molecular weight excluding hydrogens is 466 g/mol. The maximum absolute atomic E-state index is 5.99. The van der Waals surface area contributed by atoms with Crippen molar-refractivity contribution < 1.29 is 9.47 Å². The van der Waals surface area contributed by atoms with Crippen molar-refractivity contribution >= 4 is 0 Å². The summed E-state index contributed by atoms with van der Waals surface area (Å²) in [6.45, 7) is 7.94. The normalized spacial score (nSPS) is 12.8. The van der Waals surface area contributed by atoms with E-state index in [9.17, 15) is 0 Å². The van der Waals surface area contributed by atoms with Gasteiger partial charge in [-0.2, -0.15) is 0 Å². The zero-order valence-electron chi connectivity index (χ0n) is 26.8. The Hall–Kier alpha value is -0.380. The molecule has 0 saturated heterocycles. The van der Waals surface area contributed by atoms with Gasteiger partial charge in [-0.05, 0) is 52.6 Å². The van der Waals surface area contributed by atoms with E-state index in [2.05, 4.69) is 45.0 Å². The molecule has 0 aromatic carbocycles. The highest BCUT2D eigenvalue weighted by Gasteiger charge is 2.11. The topological polar surface area (TPSA) is 21.7 Å². The van der Waals surface area contributed by atoms with E-state index in [1.165, 1.54) is 154 Å². The van der Waals surface area contributed by atoms with E-state index in [1.807, 2.05) is 0 Å². The van der Waals surface area contributed by atoms with Gasteiger partial charge in [0.25, 0.3) is 0 Å². The number of nitrogens with zero attached hydrogens (tertiary/aromatic N) is 1. The first-order valence-electron chi connectivity index (χ1n) is 17.2. The third kappa shape index (κ3) is 30.2. The lowest BCUT2D eigenvalue weighted by Gasteiger charge is -2.24. The first-order chi connectivity index (χ1) is 18.7. The van der Waals surface area contributed by atoms with Crippen LogP contribution in [0.3, 0.4) is 0 Å². The lowest BCUT2D eigenvalue weighted by atomic mass is 10.1. The summed E-state index contributed by atoms with van der Waals surface area (Å²) in [6, 6.07) is 0.371. The fourth-order valence-electron chi connectivity index (χ4n) is 4.93. The molecule has 0 bridgehead atoms. The summed E-state index contributed by atoms with van der Waals surface area (Å²) in [6.07, 6.45) is 37.6. The number of hydrogen-bond acceptors (Lipinski definition) is 3. The number of likely N-dealkylation sites (N-methyl/N-ethyl adjacent to an activating group) is 1. The maximum atomic E-state index is 5.99. The van der Waals surface area contributed by atoms with E-state index in [-0.39, 0.29) is 0 Å². The summed E-state index contributed by atoms with van der Waals surface area (Å²) in [5.74, 6) is 0. The molecule has 0 radical (unpaired) electrons. The molecule has 0 aliphatic rings. The first kappa shape index (κ1) is 37.6. The summed E-state index contributed by atoms with van der Waals surface area (Å²) in [4.78, 5) is 2.25. The van der Waals surface area contributed by atoms with E-state index in [4.69, 9.17) is 9.47 Å². The highest BCUT2D eigenvalue weighted by Crippen LogP contribution is 2.13. The van der Waals surface area contributed by atoms with E-state index < -0.39 is 0 Å². The predicted molar refractivity (Wildman–Crippen MR) is 170 cm³/mol. The molecule has 38 heavy (non-hydrogen) atoms. The molecule has 0 aromatic heterocycles. The summed E-state index contributed by atoms with van der Waals surface area (Å²) in [7, 11) is 4.27. The molecule has 0 amide bonds. The molecule has 228 valence electrons. The minimum absolute atomic E-state index is 0.371. The van der Waals surface area contributed by atoms with Gasteiger partial charge in [-0.3, -0.25) is 0 Å². The molecule has 0 aliphatic heterocycles. The molecule has 3 nitrogen and oxygen atoms in total. The van der Waals surface area contributed by atoms with Crippen LogP contribution in [0.1, 0.15) is 168 Å². The van der Waals surface area contributed by atoms with Crippen molar-refractivity contribution in [3.05, 3.63) is 12.2 Å². The molecule has 0 aromatic rings. The molecule has 0 N–H and O–H groups in total. The Morgan fingerprint density at radius 2 is 0.763 bits per heavy atom. The van der Waals surface area contributed by atoms with Crippen LogP contribution in [-0.2, 0) is 9.47 Å². The zero-order valence-corrected chi connectivity index (χ0v) is 26.8. The van der Waals surface area contributed by atoms with Crippen LogP contribution in [0.5, 0.6) is 0 Å². The number of ether oxygens (including phenoxy) is 2. The quantitative estimate of drug-likeness (QED) is 0.0629. The molecular formula is C35H71NO2. The standard InChI is InChI=1S/C35H71NO2/c1-5-7-9-11-13-14-15-16-17-18-19-20-21-22-23-24-25-26-28-30-32-38-34-35(36(3)4)33-37-31-29-27-12-10-8-6-2/h16-17,35H,5-15,18-34H2,1-4H3/b17-16-. The molecule has 0 fully saturated rings. The summed E-state index contributed by atoms with van der Waals surface area (Å²) < 4.78 is 11.9. The molecule has 1 unspecified atom stereocenters. The molecule has 1 atom stereocenters. The Morgan fingerprint density at radius 1 is 0.447 bits per heavy atom. The Morgan fingerprint density at radius 3 is 1.11 bits per heavy atom. The van der Waals surface area contributed by atoms with Crippen LogP contribution >= 0.6 is 0 Å². The van der Waals surface area contributed by atoms with Crippen LogP contribution in [0, 0.1) is 0 Å². The molecule has 0 heterocycles. The van der Waals surface area contributed by atoms with Gasteiger partial charge in [0.2, 0.25) is 0 Å². The number of hydrogen-bond donors (Lipinski definition) is 0. The van der Waals surface area contributed by atoms with Gasteiger partial charge in [0.15, 0.2) is 0 Å². The highest BCUT2D eigenvalue weighted by atomic mass is 16.5. The van der Waals surface area contributed by atoms with Crippen LogP contribution in [0.25, 0.3) is 0 Å². The Labute approximate surface area is 240 Å².